The molecule has 0 aliphatic carbocycles. The molecule has 0 saturated carbocycles. The van der Waals surface area contributed by atoms with Crippen LogP contribution in [-0.4, -0.2) is 23.6 Å². The molecule has 0 fully saturated rings. The van der Waals surface area contributed by atoms with E-state index in [4.69, 9.17) is 0 Å². The second-order valence-electron chi connectivity index (χ2n) is 1.77. The third-order valence-electron chi connectivity index (χ3n) is 0.938. The Kier molecular flexibility index (Phi) is 4.15. The Morgan fingerprint density at radius 3 is 2.08 bits per heavy atom. The molecule has 0 atom stereocenters. The lowest BCUT2D eigenvalue weighted by atomic mass is 10.2. The number of hydrogen-bond acceptors (Lipinski definition) is 4. The van der Waals surface area contributed by atoms with E-state index in [9.17, 15) is 19.2 Å². The van der Waals surface area contributed by atoms with Crippen molar-refractivity contribution in [3.63, 3.8) is 0 Å². The van der Waals surface area contributed by atoms with Crippen molar-refractivity contribution in [2.75, 3.05) is 0 Å². The van der Waals surface area contributed by atoms with Gasteiger partial charge >= 0.3 is 0 Å². The maximum absolute atomic E-state index is 10.6. The van der Waals surface area contributed by atoms with Crippen LogP contribution in [0, 0.1) is 0 Å². The van der Waals surface area contributed by atoms with Crippen LogP contribution >= 0.6 is 0 Å². The second kappa shape index (κ2) is 4.90. The van der Waals surface area contributed by atoms with Gasteiger partial charge in [0, 0.05) is 0 Å². The summed E-state index contributed by atoms with van der Waals surface area (Å²) < 4.78 is 0. The molecule has 62 valence electrons. The monoisotopic (exact) mass is 166 g/mol. The van der Waals surface area contributed by atoms with Crippen molar-refractivity contribution < 1.29 is 19.2 Å². The lowest BCUT2D eigenvalue weighted by molar-refractivity contribution is -0.144. The largest absolute Gasteiger partial charge is 0.294 e. The first-order valence-electron chi connectivity index (χ1n) is 3.00. The smallest absolute Gasteiger partial charge is 0.276 e. The maximum atomic E-state index is 10.6. The minimum Gasteiger partial charge on any atom is -0.294 e. The van der Waals surface area contributed by atoms with Gasteiger partial charge in [0.2, 0.25) is 5.78 Å². The fourth-order valence-corrected chi connectivity index (χ4v) is 0.406. The first-order valence-corrected chi connectivity index (χ1v) is 3.00. The third kappa shape index (κ3) is 2.83. The first-order chi connectivity index (χ1) is 5.63. The van der Waals surface area contributed by atoms with Gasteiger partial charge in [-0.1, -0.05) is 18.7 Å². The summed E-state index contributed by atoms with van der Waals surface area (Å²) in [6.45, 7) is 3.25. The van der Waals surface area contributed by atoms with Gasteiger partial charge in [-0.15, -0.1) is 0 Å². The lowest BCUT2D eigenvalue weighted by Gasteiger charge is -1.84. The molecule has 0 aromatic heterocycles. The van der Waals surface area contributed by atoms with E-state index in [1.54, 1.807) is 0 Å². The highest BCUT2D eigenvalue weighted by atomic mass is 16.2. The van der Waals surface area contributed by atoms with Crippen molar-refractivity contribution in [1.29, 1.82) is 0 Å². The highest BCUT2D eigenvalue weighted by Gasteiger charge is 2.18. The molecule has 4 heteroatoms. The van der Waals surface area contributed by atoms with Crippen LogP contribution in [0.1, 0.15) is 0 Å². The van der Waals surface area contributed by atoms with Crippen LogP contribution < -0.4 is 0 Å². The number of hydrogen-bond donors (Lipinski definition) is 0. The first kappa shape index (κ1) is 10.2. The number of aldehydes is 1. The number of Topliss-reactive ketones (excluding diaryl/α,β-unsaturated/α-hetero) is 2. The van der Waals surface area contributed by atoms with Crippen LogP contribution in [0.2, 0.25) is 0 Å². The molecule has 0 bridgehead atoms. The average molecular weight is 166 g/mol. The SMILES string of the molecule is C=CC=CC(=O)C(=O)C(=O)C=O. The quantitative estimate of drug-likeness (QED) is 0.184. The summed E-state index contributed by atoms with van der Waals surface area (Å²) in [4.78, 5) is 41.3. The van der Waals surface area contributed by atoms with Gasteiger partial charge in [0.25, 0.3) is 11.6 Å². The van der Waals surface area contributed by atoms with E-state index in [2.05, 4.69) is 6.58 Å². The van der Waals surface area contributed by atoms with Crippen molar-refractivity contribution in [1.82, 2.24) is 0 Å². The molecule has 4 nitrogen and oxygen atoms in total. The van der Waals surface area contributed by atoms with Crippen LogP contribution in [0.15, 0.2) is 24.8 Å². The third-order valence-corrected chi connectivity index (χ3v) is 0.938. The highest BCUT2D eigenvalue weighted by Crippen LogP contribution is 1.82. The summed E-state index contributed by atoms with van der Waals surface area (Å²) in [6.07, 6.45) is 3.16. The molecule has 0 aromatic carbocycles. The Hall–Kier alpha value is -1.84. The van der Waals surface area contributed by atoms with E-state index in [-0.39, 0.29) is 6.29 Å². The van der Waals surface area contributed by atoms with Crippen molar-refractivity contribution in [3.05, 3.63) is 24.8 Å². The van der Waals surface area contributed by atoms with Crippen molar-refractivity contribution in [3.8, 4) is 0 Å². The zero-order chi connectivity index (χ0) is 9.56. The van der Waals surface area contributed by atoms with Gasteiger partial charge in [-0.2, -0.15) is 0 Å². The summed E-state index contributed by atoms with van der Waals surface area (Å²) in [7, 11) is 0. The number of ketones is 3. The Morgan fingerprint density at radius 1 is 1.08 bits per heavy atom. The van der Waals surface area contributed by atoms with Crippen LogP contribution in [-0.2, 0) is 19.2 Å². The van der Waals surface area contributed by atoms with Crippen molar-refractivity contribution in [2.45, 2.75) is 0 Å². The van der Waals surface area contributed by atoms with E-state index in [1.165, 1.54) is 12.2 Å². The molecule has 0 saturated heterocycles. The van der Waals surface area contributed by atoms with Gasteiger partial charge in [-0.25, -0.2) is 0 Å². The molecule has 12 heavy (non-hydrogen) atoms. The van der Waals surface area contributed by atoms with Gasteiger partial charge in [0.15, 0.2) is 6.29 Å². The number of carbonyl (C=O) groups excluding carboxylic acids is 4. The Morgan fingerprint density at radius 2 is 1.67 bits per heavy atom. The number of carbonyl (C=O) groups is 4. The molecular formula is C8H6O4. The standard InChI is InChI=1S/C8H6O4/c1-2-3-4-6(10)8(12)7(11)5-9/h2-5H,1H2. The Labute approximate surface area is 68.6 Å². The molecule has 0 radical (unpaired) electrons. The summed E-state index contributed by atoms with van der Waals surface area (Å²) in [6, 6.07) is 0. The molecule has 0 aromatic rings. The molecule has 0 N–H and O–H groups in total. The fourth-order valence-electron chi connectivity index (χ4n) is 0.406. The molecule has 0 aliphatic rings. The highest BCUT2D eigenvalue weighted by molar-refractivity contribution is 6.76. The molecule has 0 spiro atoms. The van der Waals surface area contributed by atoms with E-state index in [0.717, 1.165) is 6.08 Å². The fraction of sp³-hybridized carbons (Fsp3) is 0. The minimum absolute atomic E-state index is 0.192. The van der Waals surface area contributed by atoms with E-state index < -0.39 is 17.3 Å². The summed E-state index contributed by atoms with van der Waals surface area (Å²) >= 11 is 0. The van der Waals surface area contributed by atoms with Crippen LogP contribution in [0.5, 0.6) is 0 Å². The number of rotatable bonds is 5. The predicted molar refractivity (Wildman–Crippen MR) is 40.4 cm³/mol. The molecule has 0 rings (SSSR count). The Balaban J connectivity index is 4.40. The maximum Gasteiger partial charge on any atom is 0.276 e. The van der Waals surface area contributed by atoms with Crippen LogP contribution in [0.3, 0.4) is 0 Å². The lowest BCUT2D eigenvalue weighted by Crippen LogP contribution is -2.22. The molecule has 0 heterocycles. The van der Waals surface area contributed by atoms with Gasteiger partial charge in [-0.05, 0) is 6.08 Å². The zero-order valence-corrected chi connectivity index (χ0v) is 6.15. The van der Waals surface area contributed by atoms with E-state index in [0.29, 0.717) is 0 Å². The van der Waals surface area contributed by atoms with Crippen molar-refractivity contribution in [2.24, 2.45) is 0 Å². The minimum atomic E-state index is -1.34. The van der Waals surface area contributed by atoms with Gasteiger partial charge in [-0.3, -0.25) is 19.2 Å². The molecule has 0 aliphatic heterocycles. The van der Waals surface area contributed by atoms with E-state index in [1.807, 2.05) is 0 Å². The summed E-state index contributed by atoms with van der Waals surface area (Å²) in [5.74, 6) is -3.69. The zero-order valence-electron chi connectivity index (χ0n) is 6.15. The summed E-state index contributed by atoms with van der Waals surface area (Å²) in [5.41, 5.74) is 0. The van der Waals surface area contributed by atoms with Gasteiger partial charge in [0.05, 0.1) is 0 Å². The normalized spacial score (nSPS) is 9.33. The van der Waals surface area contributed by atoms with E-state index >= 15 is 0 Å². The average Bonchev–Trinajstić information content (AvgIpc) is 2.11. The predicted octanol–water partition coefficient (Wildman–Crippen LogP) is -0.365. The topological polar surface area (TPSA) is 68.3 Å². The molecule has 0 amide bonds. The van der Waals surface area contributed by atoms with Crippen LogP contribution in [0.4, 0.5) is 0 Å². The Bertz CT molecular complexity index is 273. The van der Waals surface area contributed by atoms with Gasteiger partial charge < -0.3 is 0 Å². The number of allylic oxidation sites excluding steroid dienone is 3. The molecule has 0 unspecified atom stereocenters. The van der Waals surface area contributed by atoms with Crippen molar-refractivity contribution >= 4 is 23.6 Å². The van der Waals surface area contributed by atoms with Gasteiger partial charge in [0.1, 0.15) is 0 Å². The van der Waals surface area contributed by atoms with Crippen LogP contribution in [0.25, 0.3) is 0 Å². The second-order valence-corrected chi connectivity index (χ2v) is 1.77. The molecular weight excluding hydrogens is 160 g/mol. The summed E-state index contributed by atoms with van der Waals surface area (Å²) in [5, 5.41) is 0.